The smallest absolute Gasteiger partial charge is 0.256 e. The van der Waals surface area contributed by atoms with Crippen LogP contribution in [0.1, 0.15) is 62.0 Å². The van der Waals surface area contributed by atoms with E-state index in [1.807, 2.05) is 51.1 Å². The Balaban J connectivity index is 1.38. The number of rotatable bonds is 15. The number of nitrogens with one attached hydrogen (secondary N) is 2. The molecule has 270 valence electrons. The van der Waals surface area contributed by atoms with Crippen LogP contribution in [0.3, 0.4) is 0 Å². The van der Waals surface area contributed by atoms with Crippen LogP contribution >= 0.6 is 11.6 Å². The number of ether oxygens (including phenoxy) is 3. The van der Waals surface area contributed by atoms with E-state index in [9.17, 15) is 14.0 Å². The molecule has 0 spiro atoms. The van der Waals surface area contributed by atoms with E-state index in [2.05, 4.69) is 34.9 Å². The Kier molecular flexibility index (Phi) is 13.1. The molecule has 2 amide bonds. The van der Waals surface area contributed by atoms with Crippen molar-refractivity contribution in [2.45, 2.75) is 58.8 Å². The van der Waals surface area contributed by atoms with Gasteiger partial charge in [-0.2, -0.15) is 0 Å². The van der Waals surface area contributed by atoms with Crippen molar-refractivity contribution in [2.75, 3.05) is 38.3 Å². The van der Waals surface area contributed by atoms with Gasteiger partial charge in [-0.05, 0) is 60.7 Å². The van der Waals surface area contributed by atoms with Crippen molar-refractivity contribution in [2.24, 2.45) is 5.41 Å². The van der Waals surface area contributed by atoms with Crippen molar-refractivity contribution in [1.29, 1.82) is 0 Å². The van der Waals surface area contributed by atoms with Crippen LogP contribution in [0.2, 0.25) is 5.02 Å². The van der Waals surface area contributed by atoms with Crippen molar-refractivity contribution in [3.63, 3.8) is 0 Å². The average Bonchev–Trinajstić information content (AvgIpc) is 3.21. The normalized spacial score (nSPS) is 16.0. The molecular formula is C41H47ClFN3O5. The molecule has 2 atom stereocenters. The molecule has 51 heavy (non-hydrogen) atoms. The lowest BCUT2D eigenvalue weighted by Gasteiger charge is -2.31. The van der Waals surface area contributed by atoms with Crippen LogP contribution in [0.25, 0.3) is 0 Å². The summed E-state index contributed by atoms with van der Waals surface area (Å²) in [6.07, 6.45) is -0.274. The Morgan fingerprint density at radius 2 is 1.73 bits per heavy atom. The molecule has 0 unspecified atom stereocenters. The molecule has 1 aliphatic rings. The largest absolute Gasteiger partial charge is 0.492 e. The number of methoxy groups -OCH3 is 1. The van der Waals surface area contributed by atoms with Gasteiger partial charge in [-0.25, -0.2) is 4.39 Å². The molecule has 0 saturated carbocycles. The van der Waals surface area contributed by atoms with Crippen LogP contribution in [0.5, 0.6) is 11.5 Å². The number of fused-ring (bicyclic) bond motifs is 1. The second-order valence-electron chi connectivity index (χ2n) is 13.8. The minimum atomic E-state index is -1.17. The third-order valence-electron chi connectivity index (χ3n) is 8.54. The summed E-state index contributed by atoms with van der Waals surface area (Å²) in [7, 11) is 1.56. The molecule has 2 N–H and O–H groups in total. The lowest BCUT2D eigenvalue weighted by atomic mass is 9.94. The van der Waals surface area contributed by atoms with Crippen LogP contribution in [-0.4, -0.2) is 51.3 Å². The first kappa shape index (κ1) is 37.8. The number of para-hydroxylation sites is 1. The van der Waals surface area contributed by atoms with Gasteiger partial charge in [-0.15, -0.1) is 0 Å². The van der Waals surface area contributed by atoms with E-state index >= 15 is 0 Å². The van der Waals surface area contributed by atoms with Crippen LogP contribution in [0.4, 0.5) is 10.1 Å². The number of aryl methyl sites for hydroxylation is 1. The quantitative estimate of drug-likeness (QED) is 0.123. The Labute approximate surface area is 305 Å². The highest BCUT2D eigenvalue weighted by atomic mass is 35.5. The minimum absolute atomic E-state index is 0.0214. The number of anilines is 1. The lowest BCUT2D eigenvalue weighted by molar-refractivity contribution is -0.138. The van der Waals surface area contributed by atoms with E-state index in [-0.39, 0.29) is 24.3 Å². The number of hydrogen-bond acceptors (Lipinski definition) is 6. The van der Waals surface area contributed by atoms with Gasteiger partial charge in [0.2, 0.25) is 5.91 Å². The number of halogens is 2. The molecule has 0 saturated heterocycles. The molecule has 1 aliphatic heterocycles. The summed E-state index contributed by atoms with van der Waals surface area (Å²) >= 11 is 6.58. The second-order valence-corrected chi connectivity index (χ2v) is 14.3. The Bertz CT molecular complexity index is 1780. The van der Waals surface area contributed by atoms with Crippen LogP contribution in [0, 0.1) is 11.2 Å². The topological polar surface area (TPSA) is 89.1 Å². The molecule has 0 fully saturated rings. The van der Waals surface area contributed by atoms with Crippen molar-refractivity contribution in [3.8, 4) is 11.5 Å². The zero-order valence-corrected chi connectivity index (χ0v) is 30.5. The fourth-order valence-corrected chi connectivity index (χ4v) is 6.33. The van der Waals surface area contributed by atoms with Gasteiger partial charge in [-0.3, -0.25) is 9.59 Å². The van der Waals surface area contributed by atoms with Crippen LogP contribution < -0.4 is 25.0 Å². The van der Waals surface area contributed by atoms with E-state index < -0.39 is 23.9 Å². The minimum Gasteiger partial charge on any atom is -0.492 e. The third kappa shape index (κ3) is 10.3. The maximum absolute atomic E-state index is 14.3. The summed E-state index contributed by atoms with van der Waals surface area (Å²) in [6.45, 7) is 8.36. The van der Waals surface area contributed by atoms with Gasteiger partial charge in [0.1, 0.15) is 24.6 Å². The zero-order chi connectivity index (χ0) is 36.4. The molecule has 4 aromatic carbocycles. The van der Waals surface area contributed by atoms with Gasteiger partial charge in [0.05, 0.1) is 13.5 Å². The molecule has 5 rings (SSSR count). The number of nitrogens with zero attached hydrogens (tertiary/aromatic N) is 1. The summed E-state index contributed by atoms with van der Waals surface area (Å²) in [6, 6.07) is 27.5. The van der Waals surface area contributed by atoms with E-state index in [0.29, 0.717) is 58.6 Å². The first-order chi connectivity index (χ1) is 24.5. The van der Waals surface area contributed by atoms with Crippen LogP contribution in [0.15, 0.2) is 91.0 Å². The number of carbonyl (C=O) groups excluding carboxylic acids is 2. The van der Waals surface area contributed by atoms with E-state index in [1.165, 1.54) is 11.6 Å². The van der Waals surface area contributed by atoms with E-state index in [1.54, 1.807) is 42.3 Å². The summed E-state index contributed by atoms with van der Waals surface area (Å²) < 4.78 is 33.1. The summed E-state index contributed by atoms with van der Waals surface area (Å²) in [5.74, 6) is -0.250. The molecular weight excluding hydrogens is 669 g/mol. The van der Waals surface area contributed by atoms with Crippen molar-refractivity contribution in [3.05, 3.63) is 124 Å². The fraction of sp³-hybridized carbons (Fsp3) is 0.366. The number of hydrogen-bond donors (Lipinski definition) is 2. The molecule has 0 radical (unpaired) electrons. The summed E-state index contributed by atoms with van der Waals surface area (Å²) in [5, 5.41) is 6.66. The summed E-state index contributed by atoms with van der Waals surface area (Å²) in [5.41, 5.74) is 3.28. The van der Waals surface area contributed by atoms with Crippen LogP contribution in [-0.2, 0) is 27.3 Å². The lowest BCUT2D eigenvalue weighted by Crippen LogP contribution is -2.45. The number of carbonyl (C=O) groups is 2. The van der Waals surface area contributed by atoms with Gasteiger partial charge in [0.25, 0.3) is 5.91 Å². The fourth-order valence-electron chi connectivity index (χ4n) is 6.15. The highest BCUT2D eigenvalue weighted by molar-refractivity contribution is 6.30. The molecule has 0 aromatic heterocycles. The molecule has 0 bridgehead atoms. The molecule has 1 heterocycles. The van der Waals surface area contributed by atoms with Crippen molar-refractivity contribution >= 4 is 29.1 Å². The van der Waals surface area contributed by atoms with Gasteiger partial charge < -0.3 is 29.7 Å². The Morgan fingerprint density at radius 1 is 0.961 bits per heavy atom. The van der Waals surface area contributed by atoms with Crippen molar-refractivity contribution in [1.82, 2.24) is 10.6 Å². The van der Waals surface area contributed by atoms with E-state index in [0.717, 1.165) is 19.4 Å². The predicted octanol–water partition coefficient (Wildman–Crippen LogP) is 7.66. The maximum Gasteiger partial charge on any atom is 0.256 e. The number of benzene rings is 4. The number of amides is 2. The molecule has 10 heteroatoms. The molecule has 8 nitrogen and oxygen atoms in total. The molecule has 4 aromatic rings. The van der Waals surface area contributed by atoms with Gasteiger partial charge in [0, 0.05) is 47.0 Å². The predicted molar refractivity (Wildman–Crippen MR) is 199 cm³/mol. The third-order valence-corrected chi connectivity index (χ3v) is 8.77. The van der Waals surface area contributed by atoms with Gasteiger partial charge in [0.15, 0.2) is 11.5 Å². The first-order valence-electron chi connectivity index (χ1n) is 17.3. The highest BCUT2D eigenvalue weighted by Crippen LogP contribution is 2.45. The van der Waals surface area contributed by atoms with Gasteiger partial charge >= 0.3 is 0 Å². The van der Waals surface area contributed by atoms with Gasteiger partial charge in [-0.1, -0.05) is 93.0 Å². The average molecular weight is 716 g/mol. The monoisotopic (exact) mass is 715 g/mol. The summed E-state index contributed by atoms with van der Waals surface area (Å²) in [4.78, 5) is 29.3. The van der Waals surface area contributed by atoms with Crippen molar-refractivity contribution < 1.29 is 28.2 Å². The first-order valence-corrected chi connectivity index (χ1v) is 17.7. The highest BCUT2D eigenvalue weighted by Gasteiger charge is 2.40. The standard InChI is InChI=1S/C41H47ClFN3O5/c1-41(2,3)27-46-34-20-19-30(42)24-32(34)38(51-36(40(46)48)25-37(47)45-26-29-15-8-9-17-33(29)43)31-16-10-18-35(39(31)49-4)50-23-22-44-21-11-14-28-12-6-5-7-13-28/h5-10,12-13,15-20,24,36,38,44H,11,14,21-23,25-27H2,1-4H3,(H,45,47)/t36-,38-/m0/s1. The zero-order valence-electron chi connectivity index (χ0n) is 29.7. The van der Waals surface area contributed by atoms with E-state index in [4.69, 9.17) is 25.8 Å². The Hall–Kier alpha value is -4.44. The second kappa shape index (κ2) is 17.7. The molecule has 0 aliphatic carbocycles. The maximum atomic E-state index is 14.3. The Morgan fingerprint density at radius 3 is 2.47 bits per heavy atom. The SMILES string of the molecule is COc1c(OCCNCCCc2ccccc2)cccc1[C@@H]1O[C@@H](CC(=O)NCc2ccccc2F)C(=O)N(CC(C)(C)C)c2ccc(Cl)cc21.